The fraction of sp³-hybridized carbons (Fsp3) is 1.00. The number of ether oxygens (including phenoxy) is 1. The van der Waals surface area contributed by atoms with Crippen molar-refractivity contribution in [3.8, 4) is 0 Å². The summed E-state index contributed by atoms with van der Waals surface area (Å²) in [5.74, 6) is 8.20. The normalized spacial score (nSPS) is 33.4. The summed E-state index contributed by atoms with van der Waals surface area (Å²) in [5, 5.41) is 0. The molecule has 3 nitrogen and oxygen atoms in total. The molecule has 0 spiro atoms. The highest BCUT2D eigenvalue weighted by atomic mass is 16.5. The van der Waals surface area contributed by atoms with Crippen LogP contribution in [0.3, 0.4) is 0 Å². The Morgan fingerprint density at radius 1 is 1.12 bits per heavy atom. The van der Waals surface area contributed by atoms with Gasteiger partial charge in [-0.3, -0.25) is 11.3 Å². The van der Waals surface area contributed by atoms with E-state index in [1.165, 1.54) is 44.9 Å². The minimum absolute atomic E-state index is 0.336. The topological polar surface area (TPSA) is 47.3 Å². The van der Waals surface area contributed by atoms with Crippen LogP contribution in [-0.2, 0) is 4.74 Å². The van der Waals surface area contributed by atoms with Crippen molar-refractivity contribution in [1.82, 2.24) is 5.43 Å². The van der Waals surface area contributed by atoms with Crippen LogP contribution in [0.1, 0.15) is 51.9 Å². The summed E-state index contributed by atoms with van der Waals surface area (Å²) in [7, 11) is 1.84. The standard InChI is InChI=1S/C14H28N2O/c1-3-10-4-6-11(7-5-10)13(16-15)14(17-2)12-8-9-12/h10-14,16H,3-9,15H2,1-2H3. The van der Waals surface area contributed by atoms with Crippen LogP contribution < -0.4 is 11.3 Å². The lowest BCUT2D eigenvalue weighted by atomic mass is 9.76. The number of rotatable bonds is 6. The van der Waals surface area contributed by atoms with Crippen molar-refractivity contribution in [3.63, 3.8) is 0 Å². The van der Waals surface area contributed by atoms with Crippen LogP contribution in [0, 0.1) is 17.8 Å². The van der Waals surface area contributed by atoms with E-state index in [1.807, 2.05) is 7.11 Å². The van der Waals surface area contributed by atoms with E-state index in [1.54, 1.807) is 0 Å². The Bertz CT molecular complexity index is 222. The zero-order valence-electron chi connectivity index (χ0n) is 11.3. The summed E-state index contributed by atoms with van der Waals surface area (Å²) in [6, 6.07) is 0.366. The predicted octanol–water partition coefficient (Wildman–Crippen LogP) is 2.46. The van der Waals surface area contributed by atoms with Crippen LogP contribution in [-0.4, -0.2) is 19.3 Å². The van der Waals surface area contributed by atoms with Gasteiger partial charge < -0.3 is 4.74 Å². The van der Waals surface area contributed by atoms with Crippen LogP contribution in [0.2, 0.25) is 0 Å². The number of hydrogen-bond donors (Lipinski definition) is 2. The Labute approximate surface area is 105 Å². The van der Waals surface area contributed by atoms with Crippen molar-refractivity contribution in [3.05, 3.63) is 0 Å². The van der Waals surface area contributed by atoms with E-state index in [4.69, 9.17) is 10.6 Å². The van der Waals surface area contributed by atoms with Gasteiger partial charge >= 0.3 is 0 Å². The van der Waals surface area contributed by atoms with E-state index in [2.05, 4.69) is 12.3 Å². The van der Waals surface area contributed by atoms with Gasteiger partial charge in [0.05, 0.1) is 12.1 Å². The van der Waals surface area contributed by atoms with Crippen LogP contribution in [0.25, 0.3) is 0 Å². The van der Waals surface area contributed by atoms with Gasteiger partial charge in [0, 0.05) is 7.11 Å². The molecule has 2 unspecified atom stereocenters. The smallest absolute Gasteiger partial charge is 0.0768 e. The zero-order valence-corrected chi connectivity index (χ0v) is 11.3. The average Bonchev–Trinajstić information content (AvgIpc) is 3.20. The Morgan fingerprint density at radius 2 is 1.71 bits per heavy atom. The molecule has 0 aromatic rings. The first kappa shape index (κ1) is 13.3. The van der Waals surface area contributed by atoms with E-state index < -0.39 is 0 Å². The summed E-state index contributed by atoms with van der Waals surface area (Å²) in [6.45, 7) is 2.31. The van der Waals surface area contributed by atoms with E-state index >= 15 is 0 Å². The van der Waals surface area contributed by atoms with Gasteiger partial charge in [0.15, 0.2) is 0 Å². The highest BCUT2D eigenvalue weighted by Gasteiger charge is 2.40. The molecule has 3 heteroatoms. The van der Waals surface area contributed by atoms with Gasteiger partial charge in [-0.2, -0.15) is 0 Å². The number of hydrogen-bond acceptors (Lipinski definition) is 3. The molecule has 17 heavy (non-hydrogen) atoms. The maximum Gasteiger partial charge on any atom is 0.0768 e. The second kappa shape index (κ2) is 6.17. The van der Waals surface area contributed by atoms with E-state index in [-0.39, 0.29) is 0 Å². The molecule has 0 aromatic heterocycles. The van der Waals surface area contributed by atoms with Crippen molar-refractivity contribution in [2.75, 3.05) is 7.11 Å². The predicted molar refractivity (Wildman–Crippen MR) is 70.4 cm³/mol. The van der Waals surface area contributed by atoms with Crippen LogP contribution in [0.4, 0.5) is 0 Å². The van der Waals surface area contributed by atoms with Gasteiger partial charge in [0.25, 0.3) is 0 Å². The second-order valence-corrected chi connectivity index (χ2v) is 5.92. The van der Waals surface area contributed by atoms with Gasteiger partial charge in [-0.1, -0.05) is 26.2 Å². The lowest BCUT2D eigenvalue weighted by molar-refractivity contribution is 0.0207. The number of hydrazine groups is 1. The molecule has 0 saturated heterocycles. The Balaban J connectivity index is 1.89. The fourth-order valence-corrected chi connectivity index (χ4v) is 3.51. The number of nitrogens with one attached hydrogen (secondary N) is 1. The summed E-state index contributed by atoms with van der Waals surface area (Å²) >= 11 is 0. The number of nitrogens with two attached hydrogens (primary N) is 1. The largest absolute Gasteiger partial charge is 0.379 e. The Hall–Kier alpha value is -0.120. The first-order chi connectivity index (χ1) is 8.30. The van der Waals surface area contributed by atoms with Gasteiger partial charge in [0.1, 0.15) is 0 Å². The number of methoxy groups -OCH3 is 1. The molecule has 0 aromatic carbocycles. The molecule has 0 amide bonds. The first-order valence-corrected chi connectivity index (χ1v) is 7.29. The molecule has 100 valence electrons. The van der Waals surface area contributed by atoms with Crippen LogP contribution in [0.15, 0.2) is 0 Å². The Kier molecular flexibility index (Phi) is 4.83. The van der Waals surface area contributed by atoms with Crippen molar-refractivity contribution in [1.29, 1.82) is 0 Å². The van der Waals surface area contributed by atoms with Crippen molar-refractivity contribution in [2.24, 2.45) is 23.6 Å². The first-order valence-electron chi connectivity index (χ1n) is 7.29. The van der Waals surface area contributed by atoms with E-state index in [9.17, 15) is 0 Å². The van der Waals surface area contributed by atoms with Gasteiger partial charge in [-0.15, -0.1) is 0 Å². The molecule has 2 saturated carbocycles. The summed E-state index contributed by atoms with van der Waals surface area (Å²) < 4.78 is 5.69. The minimum atomic E-state index is 0.336. The van der Waals surface area contributed by atoms with Crippen LogP contribution >= 0.6 is 0 Å². The lowest BCUT2D eigenvalue weighted by Gasteiger charge is -2.37. The summed E-state index contributed by atoms with van der Waals surface area (Å²) in [4.78, 5) is 0. The monoisotopic (exact) mass is 240 g/mol. The minimum Gasteiger partial charge on any atom is -0.379 e. The summed E-state index contributed by atoms with van der Waals surface area (Å²) in [5.41, 5.74) is 3.05. The highest BCUT2D eigenvalue weighted by Crippen LogP contribution is 2.40. The fourth-order valence-electron chi connectivity index (χ4n) is 3.51. The van der Waals surface area contributed by atoms with Crippen molar-refractivity contribution in [2.45, 2.75) is 64.0 Å². The quantitative estimate of drug-likeness (QED) is 0.554. The van der Waals surface area contributed by atoms with Gasteiger partial charge in [-0.05, 0) is 43.4 Å². The molecule has 0 heterocycles. The molecule has 2 rings (SSSR count). The molecule has 2 fully saturated rings. The summed E-state index contributed by atoms with van der Waals surface area (Å²) in [6.07, 6.45) is 9.70. The molecule has 0 bridgehead atoms. The maximum atomic E-state index is 5.78. The molecule has 2 atom stereocenters. The molecule has 0 aliphatic heterocycles. The molecule has 2 aliphatic rings. The molecular formula is C14H28N2O. The third-order valence-electron chi connectivity index (χ3n) is 4.88. The van der Waals surface area contributed by atoms with Crippen molar-refractivity contribution < 1.29 is 4.74 Å². The molecule has 2 aliphatic carbocycles. The highest BCUT2D eigenvalue weighted by molar-refractivity contribution is 4.93. The molecular weight excluding hydrogens is 212 g/mol. The average molecular weight is 240 g/mol. The molecule has 0 radical (unpaired) electrons. The second-order valence-electron chi connectivity index (χ2n) is 5.92. The van der Waals surface area contributed by atoms with E-state index in [0.29, 0.717) is 18.1 Å². The Morgan fingerprint density at radius 3 is 2.12 bits per heavy atom. The third-order valence-corrected chi connectivity index (χ3v) is 4.88. The van der Waals surface area contributed by atoms with Gasteiger partial charge in [-0.25, -0.2) is 0 Å². The van der Waals surface area contributed by atoms with Gasteiger partial charge in [0.2, 0.25) is 0 Å². The lowest BCUT2D eigenvalue weighted by Crippen LogP contribution is -2.51. The van der Waals surface area contributed by atoms with Crippen LogP contribution in [0.5, 0.6) is 0 Å². The zero-order chi connectivity index (χ0) is 12.3. The third kappa shape index (κ3) is 3.21. The molecule has 3 N–H and O–H groups in total. The van der Waals surface area contributed by atoms with E-state index in [0.717, 1.165) is 11.8 Å². The van der Waals surface area contributed by atoms with Crippen molar-refractivity contribution >= 4 is 0 Å². The SMILES string of the molecule is CCC1CCC(C(NN)C(OC)C2CC2)CC1. The maximum absolute atomic E-state index is 5.78.